The number of hydrogen-bond acceptors (Lipinski definition) is 4. The van der Waals surface area contributed by atoms with Crippen LogP contribution in [0.1, 0.15) is 31.5 Å². The summed E-state index contributed by atoms with van der Waals surface area (Å²) >= 11 is 0. The molecule has 5 heteroatoms. The van der Waals surface area contributed by atoms with Crippen molar-refractivity contribution in [2.75, 3.05) is 0 Å². The number of amides is 1. The lowest BCUT2D eigenvalue weighted by molar-refractivity contribution is 0.0575. The number of nitriles is 1. The molecule has 0 radical (unpaired) electrons. The van der Waals surface area contributed by atoms with Gasteiger partial charge in [0.05, 0.1) is 23.4 Å². The maximum atomic E-state index is 11.7. The summed E-state index contributed by atoms with van der Waals surface area (Å²) in [4.78, 5) is 16.2. The molecule has 5 nitrogen and oxygen atoms in total. The molecule has 1 aliphatic carbocycles. The minimum Gasteiger partial charge on any atom is -0.444 e. The number of fused-ring (bicyclic) bond motifs is 1. The summed E-state index contributed by atoms with van der Waals surface area (Å²) in [5.41, 5.74) is 3.30. The van der Waals surface area contributed by atoms with Gasteiger partial charge in [0, 0.05) is 23.2 Å². The van der Waals surface area contributed by atoms with Crippen LogP contribution in [0.4, 0.5) is 4.79 Å². The van der Waals surface area contributed by atoms with Crippen molar-refractivity contribution in [3.63, 3.8) is 0 Å². The largest absolute Gasteiger partial charge is 0.444 e. The lowest BCUT2D eigenvalue weighted by Crippen LogP contribution is -2.47. The van der Waals surface area contributed by atoms with Crippen LogP contribution in [0.3, 0.4) is 0 Å². The first kappa shape index (κ1) is 18.2. The van der Waals surface area contributed by atoms with Crippen LogP contribution in [0, 0.1) is 29.1 Å². The Kier molecular flexibility index (Phi) is 4.87. The summed E-state index contributed by atoms with van der Waals surface area (Å²) < 4.78 is 5.43. The average molecular weight is 373 g/mol. The van der Waals surface area contributed by atoms with Gasteiger partial charge < -0.3 is 10.1 Å². The van der Waals surface area contributed by atoms with Crippen LogP contribution >= 0.6 is 0 Å². The van der Waals surface area contributed by atoms with Gasteiger partial charge in [0.25, 0.3) is 0 Å². The third kappa shape index (κ3) is 3.38. The van der Waals surface area contributed by atoms with Crippen molar-refractivity contribution in [1.29, 1.82) is 5.26 Å². The molecule has 1 N–H and O–H groups in total. The maximum Gasteiger partial charge on any atom is 0.407 e. The summed E-state index contributed by atoms with van der Waals surface area (Å²) in [5.74, 6) is 1.14. The lowest BCUT2D eigenvalue weighted by atomic mass is 9.70. The van der Waals surface area contributed by atoms with E-state index in [2.05, 4.69) is 36.3 Å². The molecule has 2 aliphatic rings. The van der Waals surface area contributed by atoms with Crippen molar-refractivity contribution in [1.82, 2.24) is 10.3 Å². The fourth-order valence-corrected chi connectivity index (χ4v) is 4.30. The fourth-order valence-electron chi connectivity index (χ4n) is 4.30. The molecule has 2 heterocycles. The van der Waals surface area contributed by atoms with Gasteiger partial charge in [-0.3, -0.25) is 4.98 Å². The Morgan fingerprint density at radius 1 is 1.25 bits per heavy atom. The second-order valence-electron chi connectivity index (χ2n) is 7.75. The molecule has 1 saturated heterocycles. The molecule has 4 rings (SSSR count). The van der Waals surface area contributed by atoms with Crippen molar-refractivity contribution < 1.29 is 9.53 Å². The molecule has 1 saturated carbocycles. The second kappa shape index (κ2) is 7.47. The lowest BCUT2D eigenvalue weighted by Gasteiger charge is -2.39. The van der Waals surface area contributed by atoms with Crippen LogP contribution in [-0.4, -0.2) is 23.2 Å². The number of carbonyl (C=O) groups is 1. The zero-order chi connectivity index (χ0) is 19.7. The summed E-state index contributed by atoms with van der Waals surface area (Å²) in [6, 6.07) is 13.7. The Balaban J connectivity index is 1.54. The number of nitrogens with one attached hydrogen (secondary N) is 1. The van der Waals surface area contributed by atoms with Gasteiger partial charge in [-0.15, -0.1) is 0 Å². The van der Waals surface area contributed by atoms with E-state index in [1.807, 2.05) is 42.5 Å². The normalized spacial score (nSPS) is 29.0. The van der Waals surface area contributed by atoms with Crippen LogP contribution in [-0.2, 0) is 4.74 Å². The first-order valence-electron chi connectivity index (χ1n) is 9.67. The number of aromatic nitrogens is 1. The van der Waals surface area contributed by atoms with E-state index in [-0.39, 0.29) is 24.2 Å². The van der Waals surface area contributed by atoms with Crippen LogP contribution < -0.4 is 5.32 Å². The topological polar surface area (TPSA) is 75.0 Å². The standard InChI is InChI=1S/C23H23N3O2/c1-14-11-21-22(26-23(27)28-21)19(15(14)2)10-9-18-8-7-17(13-25-18)20-6-4-3-5-16(20)12-24/h3-10,13-15,19,21-22H,11H2,1-2H3,(H,26,27)/t14-,15+,19-,21-,22+/m0/s1. The van der Waals surface area contributed by atoms with E-state index < -0.39 is 0 Å². The van der Waals surface area contributed by atoms with Gasteiger partial charge in [0.1, 0.15) is 6.10 Å². The molecule has 142 valence electrons. The van der Waals surface area contributed by atoms with Gasteiger partial charge in [0.2, 0.25) is 0 Å². The first-order valence-corrected chi connectivity index (χ1v) is 9.67. The molecule has 1 aromatic carbocycles. The van der Waals surface area contributed by atoms with Gasteiger partial charge in [-0.2, -0.15) is 5.26 Å². The highest BCUT2D eigenvalue weighted by Crippen LogP contribution is 2.39. The van der Waals surface area contributed by atoms with E-state index in [1.54, 1.807) is 6.20 Å². The van der Waals surface area contributed by atoms with Crippen LogP contribution in [0.15, 0.2) is 48.7 Å². The number of pyridine rings is 1. The van der Waals surface area contributed by atoms with E-state index in [9.17, 15) is 10.1 Å². The van der Waals surface area contributed by atoms with Crippen molar-refractivity contribution >= 4 is 12.2 Å². The number of ether oxygens (including phenoxy) is 1. The highest BCUT2D eigenvalue weighted by Gasteiger charge is 2.46. The van der Waals surface area contributed by atoms with Crippen LogP contribution in [0.2, 0.25) is 0 Å². The zero-order valence-corrected chi connectivity index (χ0v) is 16.0. The predicted molar refractivity (Wildman–Crippen MR) is 107 cm³/mol. The molecule has 0 spiro atoms. The van der Waals surface area contributed by atoms with E-state index in [0.29, 0.717) is 17.4 Å². The first-order chi connectivity index (χ1) is 13.6. The minimum atomic E-state index is -0.312. The summed E-state index contributed by atoms with van der Waals surface area (Å²) in [7, 11) is 0. The number of hydrogen-bond donors (Lipinski definition) is 1. The molecule has 1 aliphatic heterocycles. The molecule has 28 heavy (non-hydrogen) atoms. The summed E-state index contributed by atoms with van der Waals surface area (Å²) in [6.45, 7) is 4.45. The summed E-state index contributed by atoms with van der Waals surface area (Å²) in [6.07, 6.45) is 6.50. The monoisotopic (exact) mass is 373 g/mol. The molecule has 5 atom stereocenters. The fraction of sp³-hybridized carbons (Fsp3) is 0.348. The van der Waals surface area contributed by atoms with Crippen molar-refractivity contribution in [2.45, 2.75) is 32.4 Å². The Morgan fingerprint density at radius 2 is 2.07 bits per heavy atom. The molecular formula is C23H23N3O2. The molecule has 2 aromatic rings. The Labute approximate surface area is 165 Å². The Bertz CT molecular complexity index is 945. The number of carbonyl (C=O) groups excluding carboxylic acids is 1. The van der Waals surface area contributed by atoms with E-state index in [0.717, 1.165) is 23.2 Å². The molecule has 2 fully saturated rings. The van der Waals surface area contributed by atoms with Crippen LogP contribution in [0.25, 0.3) is 17.2 Å². The molecule has 0 unspecified atom stereocenters. The Morgan fingerprint density at radius 3 is 2.82 bits per heavy atom. The summed E-state index contributed by atoms with van der Waals surface area (Å²) in [5, 5.41) is 12.3. The van der Waals surface area contributed by atoms with Crippen LogP contribution in [0.5, 0.6) is 0 Å². The third-order valence-electron chi connectivity index (χ3n) is 6.10. The number of nitrogens with zero attached hydrogens (tertiary/aromatic N) is 2. The van der Waals surface area contributed by atoms with Gasteiger partial charge in [0.15, 0.2) is 0 Å². The quantitative estimate of drug-likeness (QED) is 0.865. The third-order valence-corrected chi connectivity index (χ3v) is 6.10. The molecule has 0 bridgehead atoms. The maximum absolute atomic E-state index is 11.7. The molecule has 1 aromatic heterocycles. The average Bonchev–Trinajstić information content (AvgIpc) is 3.08. The molecular weight excluding hydrogens is 350 g/mol. The predicted octanol–water partition coefficient (Wildman–Crippen LogP) is 4.40. The van der Waals surface area contributed by atoms with Gasteiger partial charge in [-0.05, 0) is 36.5 Å². The van der Waals surface area contributed by atoms with Gasteiger partial charge in [-0.25, -0.2) is 4.79 Å². The number of benzene rings is 1. The smallest absolute Gasteiger partial charge is 0.407 e. The van der Waals surface area contributed by atoms with Crippen molar-refractivity contribution in [3.8, 4) is 17.2 Å². The second-order valence-corrected chi connectivity index (χ2v) is 7.75. The van der Waals surface area contributed by atoms with E-state index in [4.69, 9.17) is 4.74 Å². The van der Waals surface area contributed by atoms with Crippen molar-refractivity contribution in [2.24, 2.45) is 17.8 Å². The number of rotatable bonds is 3. The highest BCUT2D eigenvalue weighted by molar-refractivity contribution is 5.71. The molecule has 1 amide bonds. The number of alkyl carbamates (subject to hydrolysis) is 1. The minimum absolute atomic E-state index is 0.0247. The van der Waals surface area contributed by atoms with Crippen molar-refractivity contribution in [3.05, 3.63) is 59.9 Å². The van der Waals surface area contributed by atoms with E-state index in [1.165, 1.54) is 0 Å². The Hall–Kier alpha value is -3.13. The SMILES string of the molecule is C[C@H]1[C@H](C=Cc2ccc(-c3ccccc3C#N)cn2)[C@H]2NC(=O)O[C@H]2C[C@@H]1C. The highest BCUT2D eigenvalue weighted by atomic mass is 16.6. The van der Waals surface area contributed by atoms with Gasteiger partial charge in [-0.1, -0.05) is 44.2 Å². The van der Waals surface area contributed by atoms with Gasteiger partial charge >= 0.3 is 6.09 Å². The zero-order valence-electron chi connectivity index (χ0n) is 16.0. The van der Waals surface area contributed by atoms with E-state index >= 15 is 0 Å².